The Morgan fingerprint density at radius 1 is 1.32 bits per heavy atom. The van der Waals surface area contributed by atoms with Gasteiger partial charge in [-0.2, -0.15) is 0 Å². The average molecular weight is 274 g/mol. The topological polar surface area (TPSA) is 82.0 Å². The lowest BCUT2D eigenvalue weighted by molar-refractivity contribution is 0.0871. The van der Waals surface area contributed by atoms with E-state index in [0.717, 1.165) is 32.2 Å². The van der Waals surface area contributed by atoms with E-state index >= 15 is 0 Å². The van der Waals surface area contributed by atoms with Crippen molar-refractivity contribution in [3.63, 3.8) is 0 Å². The van der Waals surface area contributed by atoms with Crippen molar-refractivity contribution in [2.24, 2.45) is 5.92 Å². The molecule has 6 heteroatoms. The lowest BCUT2D eigenvalue weighted by atomic mass is 9.90. The fraction of sp³-hybridized carbons (Fsp3) is 0.923. The minimum absolute atomic E-state index is 0.175. The maximum Gasteiger partial charge on any atom is 0.409 e. The van der Waals surface area contributed by atoms with Crippen LogP contribution < -0.4 is 5.32 Å². The lowest BCUT2D eigenvalue weighted by Gasteiger charge is -2.37. The van der Waals surface area contributed by atoms with Gasteiger partial charge in [0.2, 0.25) is 0 Å². The van der Waals surface area contributed by atoms with Gasteiger partial charge in [0.15, 0.2) is 0 Å². The molecule has 0 aromatic carbocycles. The molecule has 0 aromatic heterocycles. The molecule has 2 atom stereocenters. The van der Waals surface area contributed by atoms with E-state index < -0.39 is 0 Å². The first-order valence-corrected chi connectivity index (χ1v) is 6.99. The predicted molar refractivity (Wildman–Crippen MR) is 71.9 cm³/mol. The van der Waals surface area contributed by atoms with Gasteiger partial charge in [-0.15, -0.1) is 0 Å². The average Bonchev–Trinajstić information content (AvgIpc) is 2.44. The summed E-state index contributed by atoms with van der Waals surface area (Å²) in [5, 5.41) is 21.1. The fourth-order valence-electron chi connectivity index (χ4n) is 2.60. The van der Waals surface area contributed by atoms with Crippen LogP contribution in [0.25, 0.3) is 0 Å². The molecule has 1 aliphatic rings. The van der Waals surface area contributed by atoms with Gasteiger partial charge in [0.05, 0.1) is 7.11 Å². The van der Waals surface area contributed by atoms with Crippen molar-refractivity contribution in [2.45, 2.75) is 31.7 Å². The van der Waals surface area contributed by atoms with E-state index in [0.29, 0.717) is 19.0 Å². The van der Waals surface area contributed by atoms with Crippen molar-refractivity contribution in [1.29, 1.82) is 0 Å². The summed E-state index contributed by atoms with van der Waals surface area (Å²) in [4.78, 5) is 13.4. The van der Waals surface area contributed by atoms with Gasteiger partial charge in [-0.25, -0.2) is 4.79 Å². The number of hydrogen-bond acceptors (Lipinski definition) is 5. The molecular formula is C13H26N2O4. The molecule has 0 spiro atoms. The van der Waals surface area contributed by atoms with Gasteiger partial charge in [-0.1, -0.05) is 0 Å². The predicted octanol–water partition coefficient (Wildman–Crippen LogP) is 0.188. The van der Waals surface area contributed by atoms with E-state index in [4.69, 9.17) is 14.9 Å². The van der Waals surface area contributed by atoms with Crippen LogP contribution in [0.2, 0.25) is 0 Å². The number of amides is 1. The van der Waals surface area contributed by atoms with Gasteiger partial charge in [-0.3, -0.25) is 0 Å². The number of aliphatic hydroxyl groups is 2. The van der Waals surface area contributed by atoms with Crippen molar-refractivity contribution in [3.8, 4) is 0 Å². The van der Waals surface area contributed by atoms with Crippen molar-refractivity contribution >= 4 is 6.09 Å². The molecule has 1 amide bonds. The van der Waals surface area contributed by atoms with Gasteiger partial charge in [0, 0.05) is 32.3 Å². The fourth-order valence-corrected chi connectivity index (χ4v) is 2.60. The van der Waals surface area contributed by atoms with E-state index in [2.05, 4.69) is 5.32 Å². The molecule has 0 aromatic rings. The standard InChI is InChI=1S/C13H26N2O4/c1-19-13(18)15-9-11(4-2-6-16)8-12(10-15)14-5-3-7-17/h11-12,14,16-17H,2-10H2,1H3. The second-order valence-corrected chi connectivity index (χ2v) is 5.07. The van der Waals surface area contributed by atoms with Crippen LogP contribution in [0.15, 0.2) is 0 Å². The highest BCUT2D eigenvalue weighted by molar-refractivity contribution is 5.67. The van der Waals surface area contributed by atoms with Crippen LogP contribution in [0.5, 0.6) is 0 Å². The van der Waals surface area contributed by atoms with Crippen molar-refractivity contribution < 1.29 is 19.7 Å². The van der Waals surface area contributed by atoms with E-state index in [1.165, 1.54) is 7.11 Å². The Morgan fingerprint density at radius 3 is 2.68 bits per heavy atom. The summed E-state index contributed by atoms with van der Waals surface area (Å²) in [6.07, 6.45) is 3.11. The number of carbonyl (C=O) groups is 1. The molecule has 1 heterocycles. The molecule has 0 aliphatic carbocycles. The maximum absolute atomic E-state index is 11.6. The lowest BCUT2D eigenvalue weighted by Crippen LogP contribution is -2.51. The Balaban J connectivity index is 2.48. The van der Waals surface area contributed by atoms with Gasteiger partial charge in [0.1, 0.15) is 0 Å². The number of ether oxygens (including phenoxy) is 1. The summed E-state index contributed by atoms with van der Waals surface area (Å²) in [5.41, 5.74) is 0. The molecular weight excluding hydrogens is 248 g/mol. The van der Waals surface area contributed by atoms with Crippen LogP contribution in [0, 0.1) is 5.92 Å². The third-order valence-corrected chi connectivity index (χ3v) is 3.51. The summed E-state index contributed by atoms with van der Waals surface area (Å²) in [5.74, 6) is 0.395. The Morgan fingerprint density at radius 2 is 2.05 bits per heavy atom. The number of hydrogen-bond donors (Lipinski definition) is 3. The van der Waals surface area contributed by atoms with Crippen molar-refractivity contribution in [1.82, 2.24) is 10.2 Å². The molecule has 112 valence electrons. The van der Waals surface area contributed by atoms with Crippen LogP contribution in [-0.2, 0) is 4.74 Å². The molecule has 0 saturated carbocycles. The summed E-state index contributed by atoms with van der Waals surface area (Å²) in [6, 6.07) is 0.239. The highest BCUT2D eigenvalue weighted by Gasteiger charge is 2.29. The number of carbonyl (C=O) groups excluding carboxylic acids is 1. The Kier molecular flexibility index (Phi) is 7.78. The molecule has 0 radical (unpaired) electrons. The quantitative estimate of drug-likeness (QED) is 0.577. The summed E-state index contributed by atoms with van der Waals surface area (Å²) in [7, 11) is 1.40. The highest BCUT2D eigenvalue weighted by Crippen LogP contribution is 2.22. The monoisotopic (exact) mass is 274 g/mol. The number of methoxy groups -OCH3 is 1. The van der Waals surface area contributed by atoms with Crippen molar-refractivity contribution in [2.75, 3.05) is 40.0 Å². The zero-order valence-electron chi connectivity index (χ0n) is 11.7. The Bertz CT molecular complexity index is 263. The molecule has 3 N–H and O–H groups in total. The zero-order chi connectivity index (χ0) is 14.1. The highest BCUT2D eigenvalue weighted by atomic mass is 16.5. The maximum atomic E-state index is 11.6. The van der Waals surface area contributed by atoms with Crippen molar-refractivity contribution in [3.05, 3.63) is 0 Å². The molecule has 1 fully saturated rings. The first-order valence-electron chi connectivity index (χ1n) is 6.99. The number of nitrogens with zero attached hydrogens (tertiary/aromatic N) is 1. The van der Waals surface area contributed by atoms with E-state index in [1.807, 2.05) is 0 Å². The van der Waals surface area contributed by atoms with Gasteiger partial charge in [-0.05, 0) is 38.1 Å². The summed E-state index contributed by atoms with van der Waals surface area (Å²) >= 11 is 0. The van der Waals surface area contributed by atoms with Gasteiger partial charge in [0.25, 0.3) is 0 Å². The zero-order valence-corrected chi connectivity index (χ0v) is 11.7. The third-order valence-electron chi connectivity index (χ3n) is 3.51. The number of likely N-dealkylation sites (tertiary alicyclic amines) is 1. The van der Waals surface area contributed by atoms with Gasteiger partial charge >= 0.3 is 6.09 Å². The second-order valence-electron chi connectivity index (χ2n) is 5.07. The van der Waals surface area contributed by atoms with E-state index in [1.54, 1.807) is 4.90 Å². The number of nitrogens with one attached hydrogen (secondary N) is 1. The first kappa shape index (κ1) is 16.2. The Labute approximate surface area is 114 Å². The van der Waals surface area contributed by atoms with Crippen LogP contribution in [0.3, 0.4) is 0 Å². The van der Waals surface area contributed by atoms with Crippen LogP contribution in [0.4, 0.5) is 4.79 Å². The SMILES string of the molecule is COC(=O)N1CC(CCCO)CC(NCCCO)C1. The minimum Gasteiger partial charge on any atom is -0.453 e. The minimum atomic E-state index is -0.289. The normalized spacial score (nSPS) is 23.4. The largest absolute Gasteiger partial charge is 0.453 e. The Hall–Kier alpha value is -0.850. The van der Waals surface area contributed by atoms with Crippen LogP contribution in [0.1, 0.15) is 25.7 Å². The molecule has 19 heavy (non-hydrogen) atoms. The molecule has 1 saturated heterocycles. The van der Waals surface area contributed by atoms with E-state index in [-0.39, 0.29) is 25.3 Å². The number of aliphatic hydroxyl groups excluding tert-OH is 2. The van der Waals surface area contributed by atoms with Gasteiger partial charge < -0.3 is 25.2 Å². The third kappa shape index (κ3) is 5.76. The van der Waals surface area contributed by atoms with Crippen LogP contribution in [-0.4, -0.2) is 67.2 Å². The van der Waals surface area contributed by atoms with E-state index in [9.17, 15) is 4.79 Å². The summed E-state index contributed by atoms with van der Waals surface area (Å²) < 4.78 is 4.79. The molecule has 0 bridgehead atoms. The molecule has 2 unspecified atom stereocenters. The molecule has 1 rings (SSSR count). The molecule has 6 nitrogen and oxygen atoms in total. The first-order chi connectivity index (χ1) is 9.21. The number of rotatable bonds is 7. The molecule has 1 aliphatic heterocycles. The smallest absolute Gasteiger partial charge is 0.409 e. The summed E-state index contributed by atoms with van der Waals surface area (Å²) in [6.45, 7) is 2.47. The second kappa shape index (κ2) is 9.12. The number of piperidine rings is 1. The van der Waals surface area contributed by atoms with Crippen LogP contribution >= 0.6 is 0 Å².